The van der Waals surface area contributed by atoms with Crippen LogP contribution < -0.4 is 5.32 Å². The Balaban J connectivity index is 1.41. The van der Waals surface area contributed by atoms with Crippen molar-refractivity contribution >= 4 is 51.2 Å². The highest BCUT2D eigenvalue weighted by Gasteiger charge is 2.58. The number of nitrogens with zero attached hydrogens (tertiary/aromatic N) is 4. The van der Waals surface area contributed by atoms with Gasteiger partial charge in [-0.2, -0.15) is 9.97 Å². The Morgan fingerprint density at radius 3 is 2.82 bits per heavy atom. The quantitative estimate of drug-likeness (QED) is 0.360. The van der Waals surface area contributed by atoms with Gasteiger partial charge in [0, 0.05) is 22.6 Å². The molecule has 0 unspecified atom stereocenters. The second-order valence-electron chi connectivity index (χ2n) is 7.60. The van der Waals surface area contributed by atoms with Crippen molar-refractivity contribution in [2.75, 3.05) is 5.32 Å². The lowest BCUT2D eigenvalue weighted by Gasteiger charge is -2.21. The molecule has 0 radical (unpaired) electrons. The molecule has 0 saturated heterocycles. The van der Waals surface area contributed by atoms with E-state index in [0.29, 0.717) is 36.0 Å². The molecule has 0 spiro atoms. The standard InChI is InChI=1S/C19H19ClIN5O2/c20-19-24-17(22-6-9-2-1-3-10(21)4-9)14-18(25-19)26(8-23-14)7-13-11-5-12(11)15(27)16(13)28/h1-4,8,11-13,15-16,27-28H,5-7H2,(H,22,24,25)/t11-,12+,13+,15+,16-/m0/s1. The van der Waals surface area contributed by atoms with Crippen LogP contribution in [0.4, 0.5) is 5.82 Å². The molecule has 2 fully saturated rings. The minimum absolute atomic E-state index is 0.00828. The first-order valence-electron chi connectivity index (χ1n) is 9.24. The summed E-state index contributed by atoms with van der Waals surface area (Å²) in [6.07, 6.45) is 1.38. The van der Waals surface area contributed by atoms with Crippen molar-refractivity contribution in [1.82, 2.24) is 19.5 Å². The summed E-state index contributed by atoms with van der Waals surface area (Å²) < 4.78 is 3.07. The summed E-state index contributed by atoms with van der Waals surface area (Å²) in [6, 6.07) is 8.21. The number of benzene rings is 1. The maximum Gasteiger partial charge on any atom is 0.226 e. The third-order valence-corrected chi connectivity index (χ3v) is 6.70. The first-order chi connectivity index (χ1) is 13.5. The number of aromatic nitrogens is 4. The van der Waals surface area contributed by atoms with Crippen molar-refractivity contribution in [3.63, 3.8) is 0 Å². The molecule has 3 N–H and O–H groups in total. The summed E-state index contributed by atoms with van der Waals surface area (Å²) in [5, 5.41) is 23.8. The Bertz CT molecular complexity index is 1040. The zero-order chi connectivity index (χ0) is 19.4. The molecule has 2 aliphatic carbocycles. The average Bonchev–Trinajstić information content (AvgIpc) is 3.31. The van der Waals surface area contributed by atoms with Crippen LogP contribution in [-0.4, -0.2) is 41.9 Å². The zero-order valence-electron chi connectivity index (χ0n) is 14.8. The Morgan fingerprint density at radius 2 is 2.07 bits per heavy atom. The summed E-state index contributed by atoms with van der Waals surface area (Å²) in [4.78, 5) is 13.2. The minimum Gasteiger partial charge on any atom is -0.390 e. The molecule has 5 rings (SSSR count). The van der Waals surface area contributed by atoms with Crippen molar-refractivity contribution < 1.29 is 10.2 Å². The molecule has 3 aromatic rings. The Morgan fingerprint density at radius 1 is 1.21 bits per heavy atom. The number of aliphatic hydroxyl groups excluding tert-OH is 2. The largest absolute Gasteiger partial charge is 0.390 e. The lowest BCUT2D eigenvalue weighted by atomic mass is 9.99. The molecule has 2 saturated carbocycles. The molecule has 2 aliphatic rings. The highest BCUT2D eigenvalue weighted by atomic mass is 127. The third kappa shape index (κ3) is 3.26. The number of fused-ring (bicyclic) bond motifs is 2. The normalized spacial score (nSPS) is 28.5. The maximum atomic E-state index is 10.3. The smallest absolute Gasteiger partial charge is 0.226 e. The number of hydrogen-bond donors (Lipinski definition) is 3. The van der Waals surface area contributed by atoms with Gasteiger partial charge in [0.05, 0.1) is 18.5 Å². The molecule has 2 aromatic heterocycles. The predicted octanol–water partition coefficient (Wildman–Crippen LogP) is 2.68. The van der Waals surface area contributed by atoms with Crippen molar-refractivity contribution in [3.05, 3.63) is 45.0 Å². The van der Waals surface area contributed by atoms with E-state index < -0.39 is 12.2 Å². The van der Waals surface area contributed by atoms with Crippen LogP contribution in [0.15, 0.2) is 30.6 Å². The molecule has 5 atom stereocenters. The summed E-state index contributed by atoms with van der Waals surface area (Å²) >= 11 is 8.46. The van der Waals surface area contributed by atoms with E-state index in [2.05, 4.69) is 48.9 Å². The molecule has 1 aromatic carbocycles. The van der Waals surface area contributed by atoms with Crippen LogP contribution in [0, 0.1) is 21.3 Å². The molecule has 0 bridgehead atoms. The summed E-state index contributed by atoms with van der Waals surface area (Å²) in [7, 11) is 0. The molecule has 2 heterocycles. The summed E-state index contributed by atoms with van der Waals surface area (Å²) in [5.74, 6) is 1.20. The third-order valence-electron chi connectivity index (χ3n) is 5.86. The van der Waals surface area contributed by atoms with Crippen LogP contribution in [0.25, 0.3) is 11.2 Å². The lowest BCUT2D eigenvalue weighted by molar-refractivity contribution is -0.00373. The lowest BCUT2D eigenvalue weighted by Crippen LogP contribution is -2.31. The Kier molecular flexibility index (Phi) is 4.69. The topological polar surface area (TPSA) is 96.1 Å². The SMILES string of the molecule is O[C@@H]1[C@H](O)[C@@H]2C[C@@H]2[C@H]1Cn1cnc2c(NCc3cccc(I)c3)nc(Cl)nc21. The molecule has 0 amide bonds. The van der Waals surface area contributed by atoms with Crippen molar-refractivity contribution in [2.45, 2.75) is 31.7 Å². The van der Waals surface area contributed by atoms with Gasteiger partial charge in [-0.25, -0.2) is 4.98 Å². The predicted molar refractivity (Wildman–Crippen MR) is 114 cm³/mol. The van der Waals surface area contributed by atoms with Crippen LogP contribution >= 0.6 is 34.2 Å². The second kappa shape index (κ2) is 7.08. The van der Waals surface area contributed by atoms with E-state index in [-0.39, 0.29) is 17.1 Å². The van der Waals surface area contributed by atoms with E-state index in [9.17, 15) is 10.2 Å². The van der Waals surface area contributed by atoms with Crippen LogP contribution in [-0.2, 0) is 13.1 Å². The number of halogens is 2. The van der Waals surface area contributed by atoms with Gasteiger partial charge < -0.3 is 20.1 Å². The molecule has 146 valence electrons. The van der Waals surface area contributed by atoms with Gasteiger partial charge in [-0.05, 0) is 70.1 Å². The molecular weight excluding hydrogens is 493 g/mol. The van der Waals surface area contributed by atoms with E-state index in [1.54, 1.807) is 6.33 Å². The van der Waals surface area contributed by atoms with Crippen molar-refractivity contribution in [1.29, 1.82) is 0 Å². The van der Waals surface area contributed by atoms with E-state index in [1.807, 2.05) is 22.8 Å². The second-order valence-corrected chi connectivity index (χ2v) is 9.19. The molecule has 0 aliphatic heterocycles. The van der Waals surface area contributed by atoms with Gasteiger partial charge in [0.2, 0.25) is 5.28 Å². The van der Waals surface area contributed by atoms with Crippen molar-refractivity contribution in [3.8, 4) is 0 Å². The van der Waals surface area contributed by atoms with Gasteiger partial charge in [0.1, 0.15) is 0 Å². The van der Waals surface area contributed by atoms with E-state index in [0.717, 1.165) is 12.0 Å². The number of hydrogen-bond acceptors (Lipinski definition) is 6. The fraction of sp³-hybridized carbons (Fsp3) is 0.421. The zero-order valence-corrected chi connectivity index (χ0v) is 17.7. The first-order valence-corrected chi connectivity index (χ1v) is 10.7. The fourth-order valence-electron chi connectivity index (χ4n) is 4.36. The number of anilines is 1. The van der Waals surface area contributed by atoms with Crippen LogP contribution in [0.2, 0.25) is 5.28 Å². The van der Waals surface area contributed by atoms with Crippen molar-refractivity contribution in [2.24, 2.45) is 17.8 Å². The first kappa shape index (κ1) is 18.5. The minimum atomic E-state index is -0.698. The van der Waals surface area contributed by atoms with Crippen LogP contribution in [0.3, 0.4) is 0 Å². The monoisotopic (exact) mass is 511 g/mol. The summed E-state index contributed by atoms with van der Waals surface area (Å²) in [5.41, 5.74) is 2.42. The highest BCUT2D eigenvalue weighted by Crippen LogP contribution is 2.56. The van der Waals surface area contributed by atoms with Gasteiger partial charge in [-0.15, -0.1) is 0 Å². The molecule has 7 nitrogen and oxygen atoms in total. The molecule has 9 heteroatoms. The molecular formula is C19H19ClIN5O2. The number of rotatable bonds is 5. The highest BCUT2D eigenvalue weighted by molar-refractivity contribution is 14.1. The summed E-state index contributed by atoms with van der Waals surface area (Å²) in [6.45, 7) is 1.16. The average molecular weight is 512 g/mol. The maximum absolute atomic E-state index is 10.3. The van der Waals surface area contributed by atoms with Gasteiger partial charge in [0.15, 0.2) is 17.0 Å². The van der Waals surface area contributed by atoms with E-state index >= 15 is 0 Å². The van der Waals surface area contributed by atoms with Crippen LogP contribution in [0.1, 0.15) is 12.0 Å². The Hall–Kier alpha value is -1.49. The van der Waals surface area contributed by atoms with Gasteiger partial charge in [-0.3, -0.25) is 0 Å². The van der Waals surface area contributed by atoms with Gasteiger partial charge >= 0.3 is 0 Å². The number of aliphatic hydroxyl groups is 2. The number of nitrogens with one attached hydrogen (secondary N) is 1. The van der Waals surface area contributed by atoms with Gasteiger partial charge in [-0.1, -0.05) is 12.1 Å². The molecule has 28 heavy (non-hydrogen) atoms. The van der Waals surface area contributed by atoms with E-state index in [1.165, 1.54) is 3.57 Å². The number of imidazole rings is 1. The van der Waals surface area contributed by atoms with Gasteiger partial charge in [0.25, 0.3) is 0 Å². The van der Waals surface area contributed by atoms with E-state index in [4.69, 9.17) is 11.6 Å². The van der Waals surface area contributed by atoms with Crippen LogP contribution in [0.5, 0.6) is 0 Å². The Labute approximate surface area is 180 Å². The fourth-order valence-corrected chi connectivity index (χ4v) is 5.13.